The van der Waals surface area contributed by atoms with Gasteiger partial charge < -0.3 is 0 Å². The van der Waals surface area contributed by atoms with E-state index in [1.54, 1.807) is 6.20 Å². The molecule has 92 valence electrons. The Hall–Kier alpha value is -1.01. The van der Waals surface area contributed by atoms with E-state index in [9.17, 15) is 0 Å². The molecule has 0 amide bonds. The van der Waals surface area contributed by atoms with Crippen LogP contribution in [0.15, 0.2) is 33.1 Å². The van der Waals surface area contributed by atoms with Gasteiger partial charge in [-0.1, -0.05) is 0 Å². The Morgan fingerprint density at radius 3 is 2.83 bits per heavy atom. The van der Waals surface area contributed by atoms with Gasteiger partial charge in [0.1, 0.15) is 15.5 Å². The van der Waals surface area contributed by atoms with Crippen molar-refractivity contribution in [1.29, 1.82) is 0 Å². The highest BCUT2D eigenvalue weighted by atomic mass is 79.9. The zero-order valence-electron chi connectivity index (χ0n) is 9.80. The molecule has 2 aromatic rings. The Balaban J connectivity index is 1.87. The second kappa shape index (κ2) is 4.93. The molecule has 0 N–H and O–H groups in total. The highest BCUT2D eigenvalue weighted by Crippen LogP contribution is 2.39. The molecule has 4 nitrogen and oxygen atoms in total. The summed E-state index contributed by atoms with van der Waals surface area (Å²) in [4.78, 5) is 17.6. The van der Waals surface area contributed by atoms with Gasteiger partial charge in [-0.25, -0.2) is 19.9 Å². The lowest BCUT2D eigenvalue weighted by Crippen LogP contribution is -1.96. The Kier molecular flexibility index (Phi) is 3.30. The number of hydrogen-bond donors (Lipinski definition) is 0. The molecule has 6 heteroatoms. The quantitative estimate of drug-likeness (QED) is 0.640. The summed E-state index contributed by atoms with van der Waals surface area (Å²) < 4.78 is 0.828. The first kappa shape index (κ1) is 12.0. The summed E-state index contributed by atoms with van der Waals surface area (Å²) in [6.07, 6.45) is 4.16. The number of aryl methyl sites for hydroxylation is 1. The van der Waals surface area contributed by atoms with Crippen LogP contribution in [0, 0.1) is 6.92 Å². The van der Waals surface area contributed by atoms with Crippen LogP contribution < -0.4 is 0 Å². The molecule has 0 atom stereocenters. The van der Waals surface area contributed by atoms with Crippen molar-refractivity contribution in [3.63, 3.8) is 0 Å². The van der Waals surface area contributed by atoms with Gasteiger partial charge >= 0.3 is 0 Å². The van der Waals surface area contributed by atoms with Crippen LogP contribution in [-0.2, 0) is 0 Å². The van der Waals surface area contributed by atoms with Crippen molar-refractivity contribution in [3.05, 3.63) is 34.5 Å². The molecule has 0 spiro atoms. The molecule has 2 aromatic heterocycles. The topological polar surface area (TPSA) is 51.6 Å². The smallest absolute Gasteiger partial charge is 0.194 e. The third kappa shape index (κ3) is 2.87. The predicted molar refractivity (Wildman–Crippen MR) is 72.6 cm³/mol. The van der Waals surface area contributed by atoms with Gasteiger partial charge in [-0.15, -0.1) is 0 Å². The molecule has 1 aliphatic carbocycles. The Morgan fingerprint density at radius 1 is 1.28 bits per heavy atom. The fourth-order valence-corrected chi connectivity index (χ4v) is 2.91. The molecule has 0 saturated heterocycles. The summed E-state index contributed by atoms with van der Waals surface area (Å²) in [5, 5.41) is 1.62. The highest BCUT2D eigenvalue weighted by molar-refractivity contribution is 9.10. The lowest BCUT2D eigenvalue weighted by atomic mass is 10.4. The van der Waals surface area contributed by atoms with Crippen molar-refractivity contribution in [2.24, 2.45) is 0 Å². The van der Waals surface area contributed by atoms with Crippen LogP contribution in [-0.4, -0.2) is 19.9 Å². The van der Waals surface area contributed by atoms with E-state index >= 15 is 0 Å². The lowest BCUT2D eigenvalue weighted by molar-refractivity contribution is 0.860. The first-order chi connectivity index (χ1) is 8.70. The largest absolute Gasteiger partial charge is 0.231 e. The van der Waals surface area contributed by atoms with Crippen molar-refractivity contribution in [2.75, 3.05) is 0 Å². The van der Waals surface area contributed by atoms with Crippen LogP contribution in [0.2, 0.25) is 0 Å². The third-order valence-electron chi connectivity index (χ3n) is 2.60. The summed E-state index contributed by atoms with van der Waals surface area (Å²) in [7, 11) is 0. The molecule has 18 heavy (non-hydrogen) atoms. The van der Waals surface area contributed by atoms with Crippen molar-refractivity contribution < 1.29 is 0 Å². The van der Waals surface area contributed by atoms with Crippen LogP contribution in [0.5, 0.6) is 0 Å². The average molecular weight is 323 g/mol. The minimum atomic E-state index is 0.542. The predicted octanol–water partition coefficient (Wildman–Crippen LogP) is 3.37. The molecule has 0 aromatic carbocycles. The maximum atomic E-state index is 4.56. The van der Waals surface area contributed by atoms with E-state index in [0.29, 0.717) is 5.92 Å². The Bertz CT molecular complexity index is 586. The van der Waals surface area contributed by atoms with Crippen LogP contribution in [0.3, 0.4) is 0 Å². The molecule has 0 unspecified atom stereocenters. The van der Waals surface area contributed by atoms with E-state index in [0.717, 1.165) is 26.3 Å². The zero-order valence-corrected chi connectivity index (χ0v) is 12.2. The second-order valence-corrected chi connectivity index (χ2v) is 6.04. The van der Waals surface area contributed by atoms with E-state index in [1.165, 1.54) is 24.6 Å². The summed E-state index contributed by atoms with van der Waals surface area (Å²) >= 11 is 4.90. The number of aromatic nitrogens is 4. The fraction of sp³-hybridized carbons (Fsp3) is 0.333. The third-order valence-corrected chi connectivity index (χ3v) is 3.80. The minimum absolute atomic E-state index is 0.542. The number of nitrogens with zero attached hydrogens (tertiary/aromatic N) is 4. The average Bonchev–Trinajstić information content (AvgIpc) is 3.11. The molecule has 3 rings (SSSR count). The van der Waals surface area contributed by atoms with Gasteiger partial charge in [-0.05, 0) is 53.5 Å². The van der Waals surface area contributed by atoms with Gasteiger partial charge in [-0.3, -0.25) is 0 Å². The van der Waals surface area contributed by atoms with Crippen molar-refractivity contribution in [2.45, 2.75) is 35.9 Å². The standard InChI is InChI=1S/C12H11BrN4S/c1-7-4-5-14-12(15-7)18-10-6-9(13)16-11(17-10)8-2-3-8/h4-6,8H,2-3H2,1H3. The first-order valence-electron chi connectivity index (χ1n) is 5.73. The van der Waals surface area contributed by atoms with Crippen LogP contribution in [0.1, 0.15) is 30.3 Å². The molecule has 2 heterocycles. The van der Waals surface area contributed by atoms with Gasteiger partial charge in [0.25, 0.3) is 0 Å². The van der Waals surface area contributed by atoms with E-state index < -0.39 is 0 Å². The zero-order chi connectivity index (χ0) is 12.5. The molecule has 1 saturated carbocycles. The first-order valence-corrected chi connectivity index (χ1v) is 7.33. The molecule has 0 radical (unpaired) electrons. The van der Waals surface area contributed by atoms with Gasteiger partial charge in [0.05, 0.1) is 0 Å². The minimum Gasteiger partial charge on any atom is -0.231 e. The van der Waals surface area contributed by atoms with E-state index in [1.807, 2.05) is 19.1 Å². The number of hydrogen-bond acceptors (Lipinski definition) is 5. The van der Waals surface area contributed by atoms with E-state index in [2.05, 4.69) is 35.9 Å². The molecule has 1 fully saturated rings. The van der Waals surface area contributed by atoms with Gasteiger partial charge in [-0.2, -0.15) is 0 Å². The monoisotopic (exact) mass is 322 g/mol. The number of rotatable bonds is 3. The van der Waals surface area contributed by atoms with Gasteiger partial charge in [0.2, 0.25) is 0 Å². The van der Waals surface area contributed by atoms with Crippen molar-refractivity contribution in [1.82, 2.24) is 19.9 Å². The molecular weight excluding hydrogens is 312 g/mol. The summed E-state index contributed by atoms with van der Waals surface area (Å²) in [6, 6.07) is 3.79. The highest BCUT2D eigenvalue weighted by Gasteiger charge is 2.27. The second-order valence-electron chi connectivity index (χ2n) is 4.24. The van der Waals surface area contributed by atoms with Crippen LogP contribution in [0.4, 0.5) is 0 Å². The Labute approximate surface area is 118 Å². The maximum Gasteiger partial charge on any atom is 0.194 e. The van der Waals surface area contributed by atoms with Crippen molar-refractivity contribution in [3.8, 4) is 0 Å². The lowest BCUT2D eigenvalue weighted by Gasteiger charge is -2.03. The van der Waals surface area contributed by atoms with E-state index in [-0.39, 0.29) is 0 Å². The molecule has 0 bridgehead atoms. The molecule has 0 aliphatic heterocycles. The maximum absolute atomic E-state index is 4.56. The SMILES string of the molecule is Cc1ccnc(Sc2cc(Br)nc(C3CC3)n2)n1. The van der Waals surface area contributed by atoms with Gasteiger partial charge in [0.15, 0.2) is 5.16 Å². The van der Waals surface area contributed by atoms with Gasteiger partial charge in [0, 0.05) is 23.9 Å². The normalized spacial score (nSPS) is 14.8. The fourth-order valence-electron chi connectivity index (χ4n) is 1.56. The molecular formula is C12H11BrN4S. The van der Waals surface area contributed by atoms with Crippen molar-refractivity contribution >= 4 is 27.7 Å². The molecule has 1 aliphatic rings. The number of halogens is 1. The van der Waals surface area contributed by atoms with Crippen LogP contribution in [0.25, 0.3) is 0 Å². The summed E-state index contributed by atoms with van der Waals surface area (Å²) in [5.74, 6) is 1.47. The van der Waals surface area contributed by atoms with Crippen LogP contribution >= 0.6 is 27.7 Å². The Morgan fingerprint density at radius 2 is 2.11 bits per heavy atom. The summed E-state index contributed by atoms with van der Waals surface area (Å²) in [6.45, 7) is 1.96. The summed E-state index contributed by atoms with van der Waals surface area (Å²) in [5.41, 5.74) is 0.961. The van der Waals surface area contributed by atoms with E-state index in [4.69, 9.17) is 0 Å².